The van der Waals surface area contributed by atoms with Crippen LogP contribution in [-0.2, 0) is 6.54 Å². The van der Waals surface area contributed by atoms with E-state index in [1.807, 2.05) is 22.9 Å². The Balaban J connectivity index is 2.01. The molecule has 0 radical (unpaired) electrons. The van der Waals surface area contributed by atoms with Gasteiger partial charge < -0.3 is 9.30 Å². The van der Waals surface area contributed by atoms with Crippen molar-refractivity contribution in [3.63, 3.8) is 0 Å². The fourth-order valence-corrected chi connectivity index (χ4v) is 4.06. The Morgan fingerprint density at radius 1 is 1.31 bits per heavy atom. The fourth-order valence-electron chi connectivity index (χ4n) is 4.06. The quantitative estimate of drug-likeness (QED) is 0.614. The molecule has 0 saturated carbocycles. The third-order valence-electron chi connectivity index (χ3n) is 5.58. The van der Waals surface area contributed by atoms with Crippen molar-refractivity contribution < 1.29 is 9.53 Å². The second-order valence-corrected chi connectivity index (χ2v) is 8.81. The number of hydrogen-bond acceptors (Lipinski definition) is 4. The summed E-state index contributed by atoms with van der Waals surface area (Å²) in [5, 5.41) is 5.82. The number of aromatic nitrogens is 3. The Kier molecular flexibility index (Phi) is 4.60. The van der Waals surface area contributed by atoms with Crippen molar-refractivity contribution in [2.24, 2.45) is 5.41 Å². The smallest absolute Gasteiger partial charge is 0.193 e. The van der Waals surface area contributed by atoms with E-state index in [2.05, 4.69) is 32.3 Å². The first-order valence-electron chi connectivity index (χ1n) is 10.1. The van der Waals surface area contributed by atoms with E-state index in [0.29, 0.717) is 13.2 Å². The SMILES string of the molecule is CCCOc1cccc2c3n(nc12)CC(C(C)(C)C)n1cc(C(C)=O)c(=O)cc1-3. The number of Topliss-reactive ketones (excluding diaryl/α,β-unsaturated/α-hetero) is 1. The third-order valence-corrected chi connectivity index (χ3v) is 5.58. The molecule has 0 aliphatic carbocycles. The minimum Gasteiger partial charge on any atom is -0.491 e. The van der Waals surface area contributed by atoms with Crippen LogP contribution in [0.15, 0.2) is 35.3 Å². The second kappa shape index (κ2) is 6.87. The van der Waals surface area contributed by atoms with Crippen molar-refractivity contribution in [2.45, 2.75) is 53.6 Å². The standard InChI is InChI=1S/C23H27N3O3/c1-6-10-29-19-9-7-8-15-21(19)24-26-13-20(23(3,4)5)25-12-16(14(2)27)18(28)11-17(25)22(15)26/h7-9,11-12,20H,6,10,13H2,1-5H3. The number of ketones is 1. The first-order valence-corrected chi connectivity index (χ1v) is 10.1. The highest BCUT2D eigenvalue weighted by Gasteiger charge is 2.35. The van der Waals surface area contributed by atoms with Crippen molar-refractivity contribution in [1.29, 1.82) is 0 Å². The molecule has 0 saturated heterocycles. The topological polar surface area (TPSA) is 66.1 Å². The van der Waals surface area contributed by atoms with Gasteiger partial charge in [-0.2, -0.15) is 5.10 Å². The molecule has 0 N–H and O–H groups in total. The monoisotopic (exact) mass is 393 g/mol. The van der Waals surface area contributed by atoms with Crippen LogP contribution in [-0.4, -0.2) is 26.7 Å². The molecule has 29 heavy (non-hydrogen) atoms. The summed E-state index contributed by atoms with van der Waals surface area (Å²) in [6.45, 7) is 11.3. The van der Waals surface area contributed by atoms with Crippen LogP contribution in [0.5, 0.6) is 5.75 Å². The lowest BCUT2D eigenvalue weighted by atomic mass is 9.84. The molecule has 1 aliphatic heterocycles. The van der Waals surface area contributed by atoms with Crippen LogP contribution < -0.4 is 10.2 Å². The van der Waals surface area contributed by atoms with Crippen LogP contribution >= 0.6 is 0 Å². The highest BCUT2D eigenvalue weighted by atomic mass is 16.5. The van der Waals surface area contributed by atoms with Gasteiger partial charge in [0.2, 0.25) is 0 Å². The lowest BCUT2D eigenvalue weighted by Gasteiger charge is -2.38. The third kappa shape index (κ3) is 3.16. The Labute approximate surface area is 170 Å². The summed E-state index contributed by atoms with van der Waals surface area (Å²) in [7, 11) is 0. The maximum atomic E-state index is 12.7. The van der Waals surface area contributed by atoms with Crippen LogP contribution in [0.4, 0.5) is 0 Å². The summed E-state index contributed by atoms with van der Waals surface area (Å²) in [6, 6.07) is 7.54. The summed E-state index contributed by atoms with van der Waals surface area (Å²) in [4.78, 5) is 24.7. The molecule has 1 aliphatic rings. The minimum atomic E-state index is -0.252. The van der Waals surface area contributed by atoms with Gasteiger partial charge >= 0.3 is 0 Å². The number of fused-ring (bicyclic) bond motifs is 5. The number of pyridine rings is 1. The molecule has 6 heteroatoms. The highest BCUT2D eigenvalue weighted by Crippen LogP contribution is 2.43. The summed E-state index contributed by atoms with van der Waals surface area (Å²) in [5.41, 5.74) is 2.39. The molecule has 0 bridgehead atoms. The molecule has 3 aromatic rings. The maximum Gasteiger partial charge on any atom is 0.193 e. The van der Waals surface area contributed by atoms with Gasteiger partial charge in [0, 0.05) is 17.6 Å². The number of nitrogens with zero attached hydrogens (tertiary/aromatic N) is 3. The predicted molar refractivity (Wildman–Crippen MR) is 114 cm³/mol. The highest BCUT2D eigenvalue weighted by molar-refractivity contribution is 5.97. The molecule has 0 spiro atoms. The van der Waals surface area contributed by atoms with Gasteiger partial charge in [0.25, 0.3) is 0 Å². The van der Waals surface area contributed by atoms with E-state index in [9.17, 15) is 9.59 Å². The summed E-state index contributed by atoms with van der Waals surface area (Å²) in [5.74, 6) is 0.546. The normalized spacial score (nSPS) is 15.8. The zero-order valence-corrected chi connectivity index (χ0v) is 17.7. The van der Waals surface area contributed by atoms with Crippen molar-refractivity contribution >= 4 is 16.7 Å². The molecular formula is C23H27N3O3. The average Bonchev–Trinajstić information content (AvgIpc) is 3.03. The molecule has 2 aromatic heterocycles. The van der Waals surface area contributed by atoms with Crippen molar-refractivity contribution in [2.75, 3.05) is 6.61 Å². The van der Waals surface area contributed by atoms with Gasteiger partial charge in [0.1, 0.15) is 11.3 Å². The molecule has 4 rings (SSSR count). The Morgan fingerprint density at radius 3 is 2.72 bits per heavy atom. The van der Waals surface area contributed by atoms with Gasteiger partial charge in [-0.3, -0.25) is 14.3 Å². The van der Waals surface area contributed by atoms with E-state index in [0.717, 1.165) is 34.5 Å². The van der Waals surface area contributed by atoms with E-state index in [4.69, 9.17) is 9.84 Å². The zero-order valence-electron chi connectivity index (χ0n) is 17.7. The Morgan fingerprint density at radius 2 is 2.07 bits per heavy atom. The molecule has 1 atom stereocenters. The van der Waals surface area contributed by atoms with Crippen molar-refractivity contribution in [3.05, 3.63) is 46.2 Å². The lowest BCUT2D eigenvalue weighted by molar-refractivity contribution is 0.101. The molecule has 0 amide bonds. The number of benzene rings is 1. The molecule has 1 unspecified atom stereocenters. The molecule has 0 fully saturated rings. The van der Waals surface area contributed by atoms with Gasteiger partial charge in [0.05, 0.1) is 36.1 Å². The van der Waals surface area contributed by atoms with Crippen LogP contribution in [0, 0.1) is 5.41 Å². The Bertz CT molecular complexity index is 1160. The van der Waals surface area contributed by atoms with Crippen molar-refractivity contribution in [1.82, 2.24) is 14.3 Å². The largest absolute Gasteiger partial charge is 0.491 e. The number of carbonyl (C=O) groups is 1. The van der Waals surface area contributed by atoms with E-state index in [-0.39, 0.29) is 28.2 Å². The van der Waals surface area contributed by atoms with Crippen LogP contribution in [0.1, 0.15) is 57.4 Å². The molecule has 1 aromatic carbocycles. The number of rotatable bonds is 4. The Hall–Kier alpha value is -2.89. The zero-order chi connectivity index (χ0) is 20.9. The first-order chi connectivity index (χ1) is 13.7. The minimum absolute atomic E-state index is 0.0537. The molecular weight excluding hydrogens is 366 g/mol. The fraction of sp³-hybridized carbons (Fsp3) is 0.435. The average molecular weight is 393 g/mol. The van der Waals surface area contributed by atoms with Crippen LogP contribution in [0.3, 0.4) is 0 Å². The van der Waals surface area contributed by atoms with Gasteiger partial charge in [-0.15, -0.1) is 0 Å². The van der Waals surface area contributed by atoms with Gasteiger partial charge in [0.15, 0.2) is 11.2 Å². The first kappa shape index (κ1) is 19.4. The second-order valence-electron chi connectivity index (χ2n) is 8.81. The van der Waals surface area contributed by atoms with Crippen molar-refractivity contribution in [3.8, 4) is 17.1 Å². The van der Waals surface area contributed by atoms with Gasteiger partial charge in [-0.25, -0.2) is 0 Å². The summed E-state index contributed by atoms with van der Waals surface area (Å²) in [6.07, 6.45) is 2.65. The maximum absolute atomic E-state index is 12.7. The van der Waals surface area contributed by atoms with E-state index in [1.165, 1.54) is 6.92 Å². The van der Waals surface area contributed by atoms with Crippen LogP contribution in [0.25, 0.3) is 22.3 Å². The van der Waals surface area contributed by atoms with Crippen LogP contribution in [0.2, 0.25) is 0 Å². The molecule has 3 heterocycles. The van der Waals surface area contributed by atoms with E-state index in [1.54, 1.807) is 12.3 Å². The molecule has 152 valence electrons. The van der Waals surface area contributed by atoms with Gasteiger partial charge in [-0.05, 0) is 24.8 Å². The lowest BCUT2D eigenvalue weighted by Crippen LogP contribution is -2.35. The summed E-state index contributed by atoms with van der Waals surface area (Å²) < 4.78 is 9.99. The molecule has 6 nitrogen and oxygen atoms in total. The van der Waals surface area contributed by atoms with Gasteiger partial charge in [-0.1, -0.05) is 39.8 Å². The van der Waals surface area contributed by atoms with E-state index >= 15 is 0 Å². The van der Waals surface area contributed by atoms with E-state index < -0.39 is 0 Å². The predicted octanol–water partition coefficient (Wildman–Crippen LogP) is 4.46. The number of carbonyl (C=O) groups excluding carboxylic acids is 1. The number of ether oxygens (including phenoxy) is 1. The number of hydrogen-bond donors (Lipinski definition) is 0. The summed E-state index contributed by atoms with van der Waals surface area (Å²) >= 11 is 0.